The van der Waals surface area contributed by atoms with E-state index < -0.39 is 0 Å². The van der Waals surface area contributed by atoms with E-state index in [0.717, 1.165) is 22.6 Å². The van der Waals surface area contributed by atoms with Crippen molar-refractivity contribution in [2.75, 3.05) is 0 Å². The van der Waals surface area contributed by atoms with Crippen LogP contribution in [-0.4, -0.2) is 4.83 Å². The standard InChI is InChI=1S/C11H21Br/c1-8(2)11(12)10-6-4-9(3)5-7-10/h8-11H,4-7H2,1-3H3. The highest BCUT2D eigenvalue weighted by Crippen LogP contribution is 2.35. The smallest absolute Gasteiger partial charge is 0.0197 e. The summed E-state index contributed by atoms with van der Waals surface area (Å²) in [6.07, 6.45) is 5.77. The quantitative estimate of drug-likeness (QED) is 0.626. The van der Waals surface area contributed by atoms with Crippen molar-refractivity contribution in [3.05, 3.63) is 0 Å². The van der Waals surface area contributed by atoms with Crippen LogP contribution in [0.4, 0.5) is 0 Å². The zero-order valence-corrected chi connectivity index (χ0v) is 10.1. The predicted octanol–water partition coefficient (Wildman–Crippen LogP) is 4.23. The molecule has 0 N–H and O–H groups in total. The molecule has 0 aromatic heterocycles. The zero-order valence-electron chi connectivity index (χ0n) is 8.52. The first-order valence-electron chi connectivity index (χ1n) is 5.25. The van der Waals surface area contributed by atoms with Gasteiger partial charge in [0.2, 0.25) is 0 Å². The third kappa shape index (κ3) is 2.76. The Bertz CT molecular complexity index is 123. The number of hydrogen-bond acceptors (Lipinski definition) is 0. The normalized spacial score (nSPS) is 33.8. The Morgan fingerprint density at radius 1 is 1.08 bits per heavy atom. The minimum Gasteiger partial charge on any atom is -0.0885 e. The molecule has 0 bridgehead atoms. The monoisotopic (exact) mass is 232 g/mol. The van der Waals surface area contributed by atoms with Crippen LogP contribution in [0, 0.1) is 17.8 Å². The summed E-state index contributed by atoms with van der Waals surface area (Å²) in [5, 5.41) is 0. The average Bonchev–Trinajstić information content (AvgIpc) is 2.04. The molecule has 1 aliphatic carbocycles. The molecular formula is C11H21Br. The molecule has 0 aromatic rings. The van der Waals surface area contributed by atoms with Crippen molar-refractivity contribution in [2.45, 2.75) is 51.3 Å². The fourth-order valence-electron chi connectivity index (χ4n) is 2.15. The van der Waals surface area contributed by atoms with E-state index >= 15 is 0 Å². The van der Waals surface area contributed by atoms with Crippen molar-refractivity contribution in [3.8, 4) is 0 Å². The molecule has 1 saturated carbocycles. The number of hydrogen-bond donors (Lipinski definition) is 0. The predicted molar refractivity (Wildman–Crippen MR) is 58.7 cm³/mol. The summed E-state index contributed by atoms with van der Waals surface area (Å²) in [4.78, 5) is 0.755. The molecule has 1 rings (SSSR count). The summed E-state index contributed by atoms with van der Waals surface area (Å²) in [7, 11) is 0. The second-order valence-electron chi connectivity index (χ2n) is 4.71. The number of halogens is 1. The lowest BCUT2D eigenvalue weighted by Gasteiger charge is -2.31. The molecule has 1 fully saturated rings. The van der Waals surface area contributed by atoms with E-state index in [1.165, 1.54) is 25.7 Å². The van der Waals surface area contributed by atoms with Gasteiger partial charge in [-0.2, -0.15) is 0 Å². The molecule has 1 heteroatoms. The second kappa shape index (κ2) is 4.64. The molecule has 0 radical (unpaired) electrons. The van der Waals surface area contributed by atoms with Crippen LogP contribution in [0.25, 0.3) is 0 Å². The van der Waals surface area contributed by atoms with E-state index in [1.54, 1.807) is 0 Å². The SMILES string of the molecule is CC1CCC(C(Br)C(C)C)CC1. The van der Waals surface area contributed by atoms with E-state index in [2.05, 4.69) is 36.7 Å². The summed E-state index contributed by atoms with van der Waals surface area (Å²) in [5.41, 5.74) is 0. The Hall–Kier alpha value is 0.480. The van der Waals surface area contributed by atoms with Crippen molar-refractivity contribution in [1.82, 2.24) is 0 Å². The topological polar surface area (TPSA) is 0 Å². The average molecular weight is 233 g/mol. The minimum absolute atomic E-state index is 0.755. The van der Waals surface area contributed by atoms with Gasteiger partial charge in [-0.05, 0) is 30.6 Å². The first-order valence-corrected chi connectivity index (χ1v) is 6.17. The molecular weight excluding hydrogens is 212 g/mol. The van der Waals surface area contributed by atoms with E-state index in [0.29, 0.717) is 0 Å². The fourth-order valence-corrected chi connectivity index (χ4v) is 2.68. The number of alkyl halides is 1. The summed E-state index contributed by atoms with van der Waals surface area (Å²) in [5.74, 6) is 2.72. The summed E-state index contributed by atoms with van der Waals surface area (Å²) in [6, 6.07) is 0. The molecule has 0 heterocycles. The highest BCUT2D eigenvalue weighted by molar-refractivity contribution is 9.09. The van der Waals surface area contributed by atoms with E-state index in [1.807, 2.05) is 0 Å². The van der Waals surface area contributed by atoms with Gasteiger partial charge in [-0.15, -0.1) is 0 Å². The molecule has 72 valence electrons. The van der Waals surface area contributed by atoms with Gasteiger partial charge in [0.15, 0.2) is 0 Å². The summed E-state index contributed by atoms with van der Waals surface area (Å²) >= 11 is 3.82. The lowest BCUT2D eigenvalue weighted by atomic mass is 9.79. The molecule has 1 unspecified atom stereocenters. The van der Waals surface area contributed by atoms with Crippen molar-refractivity contribution in [3.63, 3.8) is 0 Å². The Labute approximate surface area is 85.3 Å². The molecule has 0 nitrogen and oxygen atoms in total. The first kappa shape index (κ1) is 10.6. The van der Waals surface area contributed by atoms with Gasteiger partial charge in [0.1, 0.15) is 0 Å². The van der Waals surface area contributed by atoms with Crippen LogP contribution in [0.1, 0.15) is 46.5 Å². The highest BCUT2D eigenvalue weighted by atomic mass is 79.9. The Morgan fingerprint density at radius 2 is 1.58 bits per heavy atom. The summed E-state index contributed by atoms with van der Waals surface area (Å²) < 4.78 is 0. The van der Waals surface area contributed by atoms with Gasteiger partial charge >= 0.3 is 0 Å². The molecule has 0 spiro atoms. The second-order valence-corrected chi connectivity index (χ2v) is 5.77. The van der Waals surface area contributed by atoms with Crippen LogP contribution >= 0.6 is 15.9 Å². The maximum Gasteiger partial charge on any atom is 0.0197 e. The fraction of sp³-hybridized carbons (Fsp3) is 1.00. The summed E-state index contributed by atoms with van der Waals surface area (Å²) in [6.45, 7) is 7.02. The van der Waals surface area contributed by atoms with Crippen molar-refractivity contribution in [1.29, 1.82) is 0 Å². The van der Waals surface area contributed by atoms with Crippen LogP contribution in [0.15, 0.2) is 0 Å². The minimum atomic E-state index is 0.755. The van der Waals surface area contributed by atoms with Gasteiger partial charge in [-0.1, -0.05) is 49.5 Å². The van der Waals surface area contributed by atoms with Gasteiger partial charge in [-0.25, -0.2) is 0 Å². The van der Waals surface area contributed by atoms with Crippen LogP contribution in [0.2, 0.25) is 0 Å². The zero-order chi connectivity index (χ0) is 9.14. The van der Waals surface area contributed by atoms with Gasteiger partial charge in [0.25, 0.3) is 0 Å². The molecule has 0 aliphatic heterocycles. The largest absolute Gasteiger partial charge is 0.0885 e. The Kier molecular flexibility index (Phi) is 4.09. The Balaban J connectivity index is 2.34. The van der Waals surface area contributed by atoms with Gasteiger partial charge in [0, 0.05) is 4.83 Å². The van der Waals surface area contributed by atoms with Crippen LogP contribution in [-0.2, 0) is 0 Å². The molecule has 12 heavy (non-hydrogen) atoms. The third-order valence-electron chi connectivity index (χ3n) is 3.15. The van der Waals surface area contributed by atoms with E-state index in [4.69, 9.17) is 0 Å². The first-order chi connectivity index (χ1) is 5.61. The lowest BCUT2D eigenvalue weighted by Crippen LogP contribution is -2.24. The molecule has 0 saturated heterocycles. The van der Waals surface area contributed by atoms with Crippen molar-refractivity contribution >= 4 is 15.9 Å². The van der Waals surface area contributed by atoms with Gasteiger partial charge < -0.3 is 0 Å². The molecule has 1 aliphatic rings. The van der Waals surface area contributed by atoms with Gasteiger partial charge in [-0.3, -0.25) is 0 Å². The van der Waals surface area contributed by atoms with Crippen molar-refractivity contribution in [2.24, 2.45) is 17.8 Å². The van der Waals surface area contributed by atoms with E-state index in [-0.39, 0.29) is 0 Å². The highest BCUT2D eigenvalue weighted by Gasteiger charge is 2.25. The maximum absolute atomic E-state index is 3.82. The van der Waals surface area contributed by atoms with Crippen molar-refractivity contribution < 1.29 is 0 Å². The lowest BCUT2D eigenvalue weighted by molar-refractivity contribution is 0.266. The van der Waals surface area contributed by atoms with E-state index in [9.17, 15) is 0 Å². The third-order valence-corrected chi connectivity index (χ3v) is 4.95. The van der Waals surface area contributed by atoms with Crippen LogP contribution in [0.3, 0.4) is 0 Å². The van der Waals surface area contributed by atoms with Crippen LogP contribution < -0.4 is 0 Å². The molecule has 0 amide bonds. The maximum atomic E-state index is 3.82. The Morgan fingerprint density at radius 3 is 2.00 bits per heavy atom. The van der Waals surface area contributed by atoms with Gasteiger partial charge in [0.05, 0.1) is 0 Å². The molecule has 1 atom stereocenters. The van der Waals surface area contributed by atoms with Crippen LogP contribution in [0.5, 0.6) is 0 Å². The molecule has 0 aromatic carbocycles. The number of rotatable bonds is 2.